The van der Waals surface area contributed by atoms with Gasteiger partial charge in [-0.2, -0.15) is 8.42 Å². The van der Waals surface area contributed by atoms with Crippen LogP contribution in [-0.2, 0) is 10.1 Å². The van der Waals surface area contributed by atoms with Crippen LogP contribution in [0, 0.1) is 5.41 Å². The van der Waals surface area contributed by atoms with E-state index in [1.54, 1.807) is 0 Å². The molecule has 0 atom stereocenters. The van der Waals surface area contributed by atoms with Crippen LogP contribution in [0.3, 0.4) is 0 Å². The number of hydrogen-bond acceptors (Lipinski definition) is 2. The zero-order chi connectivity index (χ0) is 10.2. The first kappa shape index (κ1) is 16.3. The van der Waals surface area contributed by atoms with E-state index in [0.29, 0.717) is 6.42 Å². The summed E-state index contributed by atoms with van der Waals surface area (Å²) < 4.78 is 29.6. The number of hydrogen-bond donors (Lipinski definition) is 1. The fourth-order valence-corrected chi connectivity index (χ4v) is 1.98. The molecule has 5 heteroatoms. The molecule has 0 spiro atoms. The third-order valence-electron chi connectivity index (χ3n) is 1.65. The molecule has 0 unspecified atom stereocenters. The molecule has 0 fully saturated rings. The van der Waals surface area contributed by atoms with Gasteiger partial charge >= 0.3 is 29.6 Å². The molecule has 3 nitrogen and oxygen atoms in total. The SMILES string of the molecule is CC(C)(C)CC(C)(C)S(=O)(=O)O.[NaH]. The Labute approximate surface area is 103 Å². The molecular formula is C8H19NaO3S. The maximum atomic E-state index is 10.9. The van der Waals surface area contributed by atoms with E-state index in [4.69, 9.17) is 4.55 Å². The van der Waals surface area contributed by atoms with Gasteiger partial charge in [0.25, 0.3) is 10.1 Å². The molecule has 0 aromatic carbocycles. The first-order valence-corrected chi connectivity index (χ1v) is 5.37. The molecule has 0 heterocycles. The van der Waals surface area contributed by atoms with Gasteiger partial charge in [0.1, 0.15) is 0 Å². The van der Waals surface area contributed by atoms with E-state index in [2.05, 4.69) is 0 Å². The predicted octanol–water partition coefficient (Wildman–Crippen LogP) is 1.44. The Bertz CT molecular complexity index is 249. The van der Waals surface area contributed by atoms with E-state index in [1.165, 1.54) is 13.8 Å². The molecule has 0 aliphatic carbocycles. The van der Waals surface area contributed by atoms with Gasteiger partial charge in [-0.05, 0) is 25.7 Å². The average Bonchev–Trinajstić information content (AvgIpc) is 1.52. The van der Waals surface area contributed by atoms with Gasteiger partial charge in [0.15, 0.2) is 0 Å². The van der Waals surface area contributed by atoms with Crippen molar-refractivity contribution >= 4 is 39.7 Å². The van der Waals surface area contributed by atoms with Crippen LogP contribution >= 0.6 is 0 Å². The summed E-state index contributed by atoms with van der Waals surface area (Å²) in [6, 6.07) is 0. The molecule has 0 aromatic rings. The normalized spacial score (nSPS) is 13.7. The predicted molar refractivity (Wildman–Crippen MR) is 56.8 cm³/mol. The molecule has 0 saturated carbocycles. The molecule has 13 heavy (non-hydrogen) atoms. The molecule has 0 amide bonds. The van der Waals surface area contributed by atoms with E-state index < -0.39 is 14.9 Å². The van der Waals surface area contributed by atoms with Crippen molar-refractivity contribution in [2.75, 3.05) is 0 Å². The van der Waals surface area contributed by atoms with Crippen LogP contribution in [0.4, 0.5) is 0 Å². The van der Waals surface area contributed by atoms with Crippen LogP contribution in [0.5, 0.6) is 0 Å². The molecule has 76 valence electrons. The summed E-state index contributed by atoms with van der Waals surface area (Å²) in [7, 11) is -3.94. The Balaban J connectivity index is 0. The van der Waals surface area contributed by atoms with Crippen LogP contribution in [0.25, 0.3) is 0 Å². The molecule has 1 N–H and O–H groups in total. The summed E-state index contributed by atoms with van der Waals surface area (Å²) in [5.74, 6) is 0. The molecule has 0 aliphatic rings. The first-order valence-electron chi connectivity index (χ1n) is 3.93. The van der Waals surface area contributed by atoms with Gasteiger partial charge in [0.05, 0.1) is 4.75 Å². The Morgan fingerprint density at radius 1 is 1.08 bits per heavy atom. The monoisotopic (exact) mass is 218 g/mol. The van der Waals surface area contributed by atoms with Gasteiger partial charge in [-0.1, -0.05) is 20.8 Å². The van der Waals surface area contributed by atoms with Crippen molar-refractivity contribution in [2.24, 2.45) is 5.41 Å². The Kier molecular flexibility index (Phi) is 5.81. The summed E-state index contributed by atoms with van der Waals surface area (Å²) in [5, 5.41) is 0. The summed E-state index contributed by atoms with van der Waals surface area (Å²) in [5.41, 5.74) is -0.0979. The zero-order valence-electron chi connectivity index (χ0n) is 8.38. The van der Waals surface area contributed by atoms with Crippen LogP contribution in [0.15, 0.2) is 0 Å². The van der Waals surface area contributed by atoms with Crippen LogP contribution in [-0.4, -0.2) is 47.3 Å². The van der Waals surface area contributed by atoms with Gasteiger partial charge in [-0.3, -0.25) is 4.55 Å². The van der Waals surface area contributed by atoms with E-state index in [0.717, 1.165) is 0 Å². The van der Waals surface area contributed by atoms with E-state index >= 15 is 0 Å². The second kappa shape index (κ2) is 4.62. The van der Waals surface area contributed by atoms with Gasteiger partial charge in [-0.15, -0.1) is 0 Å². The van der Waals surface area contributed by atoms with E-state index in [-0.39, 0.29) is 35.0 Å². The average molecular weight is 218 g/mol. The first-order chi connectivity index (χ1) is 4.96. The molecule has 0 saturated heterocycles. The van der Waals surface area contributed by atoms with Crippen LogP contribution < -0.4 is 0 Å². The summed E-state index contributed by atoms with van der Waals surface area (Å²) >= 11 is 0. The van der Waals surface area contributed by atoms with Crippen molar-refractivity contribution in [3.8, 4) is 0 Å². The van der Waals surface area contributed by atoms with Gasteiger partial charge in [-0.25, -0.2) is 0 Å². The summed E-state index contributed by atoms with van der Waals surface area (Å²) in [6.45, 7) is 8.90. The fourth-order valence-electron chi connectivity index (χ4n) is 1.37. The fraction of sp³-hybridized carbons (Fsp3) is 1.00. The molecule has 0 bridgehead atoms. The van der Waals surface area contributed by atoms with Gasteiger partial charge in [0, 0.05) is 0 Å². The van der Waals surface area contributed by atoms with Crippen LogP contribution in [0.1, 0.15) is 41.0 Å². The molecule has 0 aliphatic heterocycles. The van der Waals surface area contributed by atoms with Crippen molar-refractivity contribution in [3.63, 3.8) is 0 Å². The standard InChI is InChI=1S/C8H18O3S.Na.H/c1-7(2,3)6-8(4,5)12(9,10)11;;/h6H2,1-5H3,(H,9,10,11);;. The van der Waals surface area contributed by atoms with Crippen molar-refractivity contribution < 1.29 is 13.0 Å². The Morgan fingerprint density at radius 2 is 1.38 bits per heavy atom. The quantitative estimate of drug-likeness (QED) is 0.563. The summed E-state index contributed by atoms with van der Waals surface area (Å²) in [6.07, 6.45) is 0.443. The molecule has 0 aromatic heterocycles. The third kappa shape index (κ3) is 6.07. The third-order valence-corrected chi connectivity index (χ3v) is 3.20. The molecule has 0 radical (unpaired) electrons. The topological polar surface area (TPSA) is 54.4 Å². The Morgan fingerprint density at radius 3 is 1.46 bits per heavy atom. The van der Waals surface area contributed by atoms with Crippen molar-refractivity contribution in [1.29, 1.82) is 0 Å². The zero-order valence-corrected chi connectivity index (χ0v) is 9.20. The van der Waals surface area contributed by atoms with E-state index in [9.17, 15) is 8.42 Å². The van der Waals surface area contributed by atoms with Crippen molar-refractivity contribution in [2.45, 2.75) is 45.8 Å². The second-order valence-corrected chi connectivity index (χ2v) is 7.03. The van der Waals surface area contributed by atoms with E-state index in [1.807, 2.05) is 20.8 Å². The minimum absolute atomic E-state index is 0. The van der Waals surface area contributed by atoms with Crippen LogP contribution in [0.2, 0.25) is 0 Å². The van der Waals surface area contributed by atoms with Crippen molar-refractivity contribution in [1.82, 2.24) is 0 Å². The minimum atomic E-state index is -3.94. The Hall–Kier alpha value is 0.910. The molecular weight excluding hydrogens is 199 g/mol. The molecule has 0 rings (SSSR count). The maximum absolute atomic E-state index is 10.9. The van der Waals surface area contributed by atoms with Crippen molar-refractivity contribution in [3.05, 3.63) is 0 Å². The van der Waals surface area contributed by atoms with Gasteiger partial charge < -0.3 is 0 Å². The number of rotatable bonds is 2. The van der Waals surface area contributed by atoms with Gasteiger partial charge in [0.2, 0.25) is 0 Å². The summed E-state index contributed by atoms with van der Waals surface area (Å²) in [4.78, 5) is 0. The second-order valence-electron chi connectivity index (χ2n) is 4.97.